The first kappa shape index (κ1) is 13.7. The molecule has 1 aliphatic rings. The van der Waals surface area contributed by atoms with Crippen molar-refractivity contribution in [3.63, 3.8) is 0 Å². The lowest BCUT2D eigenvalue weighted by Gasteiger charge is -2.15. The van der Waals surface area contributed by atoms with Gasteiger partial charge >= 0.3 is 0 Å². The molecule has 1 saturated carbocycles. The van der Waals surface area contributed by atoms with E-state index in [0.29, 0.717) is 6.04 Å². The second-order valence-corrected chi connectivity index (χ2v) is 4.84. The third-order valence-corrected chi connectivity index (χ3v) is 3.26. The molecule has 0 atom stereocenters. The van der Waals surface area contributed by atoms with Crippen molar-refractivity contribution in [1.29, 1.82) is 0 Å². The molecule has 0 aromatic rings. The minimum absolute atomic E-state index is 0.619. The van der Waals surface area contributed by atoms with Gasteiger partial charge in [-0.15, -0.1) is 0 Å². The largest absolute Gasteiger partial charge is 0.385 e. The number of unbranched alkanes of at least 4 members (excludes halogenated alkanes) is 2. The van der Waals surface area contributed by atoms with Crippen molar-refractivity contribution in [2.24, 2.45) is 0 Å². The Kier molecular flexibility index (Phi) is 7.51. The van der Waals surface area contributed by atoms with E-state index in [1.165, 1.54) is 32.1 Å². The lowest BCUT2D eigenvalue weighted by molar-refractivity contribution is 0.192. The molecule has 1 rings (SSSR count). The summed E-state index contributed by atoms with van der Waals surface area (Å²) in [7, 11) is 1.75. The molecule has 0 spiro atoms. The molecule has 2 N–H and O–H groups in total. The van der Waals surface area contributed by atoms with Crippen LogP contribution in [-0.4, -0.2) is 31.4 Å². The van der Waals surface area contributed by atoms with Gasteiger partial charge in [-0.1, -0.05) is 12.8 Å². The number of rotatable bonds is 7. The number of methoxy groups -OCH3 is 1. The molecule has 0 aromatic heterocycles. The molecule has 0 heterocycles. The minimum atomic E-state index is 0.619. The van der Waals surface area contributed by atoms with Crippen molar-refractivity contribution < 1.29 is 4.74 Å². The van der Waals surface area contributed by atoms with Crippen LogP contribution in [0.5, 0.6) is 0 Å². The maximum absolute atomic E-state index is 5.24. The topological polar surface area (TPSA) is 33.3 Å². The normalized spacial score (nSPS) is 16.3. The first-order valence-electron chi connectivity index (χ1n) is 6.36. The van der Waals surface area contributed by atoms with Gasteiger partial charge in [-0.25, -0.2) is 0 Å². The molecule has 0 amide bonds. The Balaban J connectivity index is 1.89. The van der Waals surface area contributed by atoms with E-state index < -0.39 is 0 Å². The van der Waals surface area contributed by atoms with Gasteiger partial charge in [0.15, 0.2) is 5.11 Å². The molecule has 4 heteroatoms. The number of nitrogens with one attached hydrogen (secondary N) is 2. The third kappa shape index (κ3) is 6.28. The van der Waals surface area contributed by atoms with Crippen molar-refractivity contribution in [3.8, 4) is 0 Å². The van der Waals surface area contributed by atoms with Gasteiger partial charge in [-0.3, -0.25) is 0 Å². The van der Waals surface area contributed by atoms with Crippen LogP contribution < -0.4 is 10.6 Å². The van der Waals surface area contributed by atoms with Gasteiger partial charge in [0, 0.05) is 26.3 Å². The summed E-state index contributed by atoms with van der Waals surface area (Å²) in [4.78, 5) is 0. The summed E-state index contributed by atoms with van der Waals surface area (Å²) in [5.74, 6) is 0. The SMILES string of the molecule is COCCCCCNC(=S)NC1CCCC1. The molecule has 1 aliphatic carbocycles. The average Bonchev–Trinajstić information content (AvgIpc) is 2.76. The van der Waals surface area contributed by atoms with Crippen LogP contribution in [-0.2, 0) is 4.74 Å². The van der Waals surface area contributed by atoms with Crippen LogP contribution in [0.3, 0.4) is 0 Å². The molecule has 1 fully saturated rings. The number of ether oxygens (including phenoxy) is 1. The fourth-order valence-corrected chi connectivity index (χ4v) is 2.33. The molecule has 0 saturated heterocycles. The smallest absolute Gasteiger partial charge is 0.166 e. The van der Waals surface area contributed by atoms with Crippen LogP contribution in [0.1, 0.15) is 44.9 Å². The predicted molar refractivity (Wildman–Crippen MR) is 71.7 cm³/mol. The maximum Gasteiger partial charge on any atom is 0.166 e. The summed E-state index contributed by atoms with van der Waals surface area (Å²) in [6.07, 6.45) is 8.74. The Labute approximate surface area is 104 Å². The molecule has 0 radical (unpaired) electrons. The van der Waals surface area contributed by atoms with E-state index in [2.05, 4.69) is 10.6 Å². The van der Waals surface area contributed by atoms with Crippen molar-refractivity contribution in [1.82, 2.24) is 10.6 Å². The highest BCUT2D eigenvalue weighted by atomic mass is 32.1. The van der Waals surface area contributed by atoms with Gasteiger partial charge in [0.05, 0.1) is 0 Å². The summed E-state index contributed by atoms with van der Waals surface area (Å²) in [6, 6.07) is 0.619. The molecule has 3 nitrogen and oxygen atoms in total. The van der Waals surface area contributed by atoms with E-state index in [0.717, 1.165) is 31.1 Å². The maximum atomic E-state index is 5.24. The number of hydrogen-bond acceptors (Lipinski definition) is 2. The quantitative estimate of drug-likeness (QED) is 0.531. The van der Waals surface area contributed by atoms with Crippen LogP contribution >= 0.6 is 12.2 Å². The highest BCUT2D eigenvalue weighted by molar-refractivity contribution is 7.80. The molecule has 0 aromatic carbocycles. The van der Waals surface area contributed by atoms with Crippen LogP contribution in [0, 0.1) is 0 Å². The van der Waals surface area contributed by atoms with Gasteiger partial charge < -0.3 is 15.4 Å². The first-order valence-corrected chi connectivity index (χ1v) is 6.77. The Morgan fingerprint density at radius 3 is 2.69 bits per heavy atom. The fraction of sp³-hybridized carbons (Fsp3) is 0.917. The van der Waals surface area contributed by atoms with Gasteiger partial charge in [0.1, 0.15) is 0 Å². The predicted octanol–water partition coefficient (Wildman–Crippen LogP) is 2.21. The summed E-state index contributed by atoms with van der Waals surface area (Å²) in [5, 5.41) is 7.47. The molecular formula is C12H24N2OS. The fourth-order valence-electron chi connectivity index (χ4n) is 2.06. The minimum Gasteiger partial charge on any atom is -0.385 e. The molecule has 0 bridgehead atoms. The molecule has 16 heavy (non-hydrogen) atoms. The average molecular weight is 244 g/mol. The van der Waals surface area contributed by atoms with Gasteiger partial charge in [0.2, 0.25) is 0 Å². The Morgan fingerprint density at radius 1 is 1.25 bits per heavy atom. The van der Waals surface area contributed by atoms with Crippen LogP contribution in [0.4, 0.5) is 0 Å². The zero-order valence-electron chi connectivity index (χ0n) is 10.3. The van der Waals surface area contributed by atoms with Gasteiger partial charge in [-0.05, 0) is 44.3 Å². The van der Waals surface area contributed by atoms with Crippen molar-refractivity contribution in [2.45, 2.75) is 51.0 Å². The van der Waals surface area contributed by atoms with E-state index in [-0.39, 0.29) is 0 Å². The van der Waals surface area contributed by atoms with Gasteiger partial charge in [-0.2, -0.15) is 0 Å². The summed E-state index contributed by atoms with van der Waals surface area (Å²) >= 11 is 5.24. The number of hydrogen-bond donors (Lipinski definition) is 2. The van der Waals surface area contributed by atoms with E-state index in [1.807, 2.05) is 0 Å². The van der Waals surface area contributed by atoms with Crippen molar-refractivity contribution in [3.05, 3.63) is 0 Å². The zero-order valence-corrected chi connectivity index (χ0v) is 11.1. The lowest BCUT2D eigenvalue weighted by Crippen LogP contribution is -2.40. The Hall–Kier alpha value is -0.350. The van der Waals surface area contributed by atoms with E-state index >= 15 is 0 Å². The molecule has 0 aliphatic heterocycles. The second-order valence-electron chi connectivity index (χ2n) is 4.44. The van der Waals surface area contributed by atoms with Crippen LogP contribution in [0.15, 0.2) is 0 Å². The van der Waals surface area contributed by atoms with E-state index in [9.17, 15) is 0 Å². The third-order valence-electron chi connectivity index (χ3n) is 3.00. The van der Waals surface area contributed by atoms with E-state index in [1.54, 1.807) is 7.11 Å². The van der Waals surface area contributed by atoms with Gasteiger partial charge in [0.25, 0.3) is 0 Å². The first-order chi connectivity index (χ1) is 7.83. The van der Waals surface area contributed by atoms with Crippen LogP contribution in [0.2, 0.25) is 0 Å². The van der Waals surface area contributed by atoms with E-state index in [4.69, 9.17) is 17.0 Å². The van der Waals surface area contributed by atoms with Crippen LogP contribution in [0.25, 0.3) is 0 Å². The number of thiocarbonyl (C=S) groups is 1. The molecule has 0 unspecified atom stereocenters. The Bertz CT molecular complexity index is 193. The highest BCUT2D eigenvalue weighted by Gasteiger charge is 2.14. The van der Waals surface area contributed by atoms with Crippen molar-refractivity contribution >= 4 is 17.3 Å². The highest BCUT2D eigenvalue weighted by Crippen LogP contribution is 2.17. The monoisotopic (exact) mass is 244 g/mol. The lowest BCUT2D eigenvalue weighted by atomic mass is 10.2. The zero-order chi connectivity index (χ0) is 11.6. The second kappa shape index (κ2) is 8.76. The van der Waals surface area contributed by atoms with Crippen molar-refractivity contribution in [2.75, 3.05) is 20.3 Å². The summed E-state index contributed by atoms with van der Waals surface area (Å²) < 4.78 is 5.00. The Morgan fingerprint density at radius 2 is 2.00 bits per heavy atom. The molecular weight excluding hydrogens is 220 g/mol. The summed E-state index contributed by atoms with van der Waals surface area (Å²) in [6.45, 7) is 1.84. The molecule has 94 valence electrons. The standard InChI is InChI=1S/C12H24N2OS/c1-15-10-6-2-5-9-13-12(16)14-11-7-3-4-8-11/h11H,2-10H2,1H3,(H2,13,14,16). The summed E-state index contributed by atoms with van der Waals surface area (Å²) in [5.41, 5.74) is 0.